The highest BCUT2D eigenvalue weighted by molar-refractivity contribution is 4.95. The fraction of sp³-hybridized carbons (Fsp3) is 0.842. The van der Waals surface area contributed by atoms with E-state index in [1.54, 1.807) is 0 Å². The molecule has 0 heterocycles. The highest BCUT2D eigenvalue weighted by Gasteiger charge is 2.11. The van der Waals surface area contributed by atoms with Crippen LogP contribution in [0.2, 0.25) is 0 Å². The first-order valence-corrected chi connectivity index (χ1v) is 34.1. The fourth-order valence-corrected chi connectivity index (χ4v) is 9.20. The van der Waals surface area contributed by atoms with Gasteiger partial charge in [-0.2, -0.15) is 0 Å². The number of allylic oxidation sites excluding steroid dienone is 11. The number of unbranched alkanes of at least 4 members (excludes halogenated alkanes) is 32. The minimum absolute atomic E-state index is 0.516. The van der Waals surface area contributed by atoms with Crippen LogP contribution in [-0.4, -0.2) is 0 Å². The van der Waals surface area contributed by atoms with Crippen molar-refractivity contribution in [1.82, 2.24) is 0 Å². The Hall–Kier alpha value is -1.56. The van der Waals surface area contributed by atoms with Crippen LogP contribution in [0.3, 0.4) is 0 Å². The molecule has 0 spiro atoms. The van der Waals surface area contributed by atoms with Gasteiger partial charge in [0.15, 0.2) is 0 Å². The second kappa shape index (κ2) is 62.6. The Bertz CT molecular complexity index is 1220. The third kappa shape index (κ3) is 94.8. The Balaban J connectivity index is -0.000000455. The molecule has 0 unspecified atom stereocenters. The average molecular weight is 1060 g/mol. The van der Waals surface area contributed by atoms with Crippen molar-refractivity contribution in [3.63, 3.8) is 0 Å². The quantitative estimate of drug-likeness (QED) is 0.0421. The van der Waals surface area contributed by atoms with Gasteiger partial charge >= 0.3 is 0 Å². The van der Waals surface area contributed by atoms with E-state index in [4.69, 9.17) is 0 Å². The molecule has 0 aromatic rings. The van der Waals surface area contributed by atoms with Crippen LogP contribution in [0, 0.1) is 21.7 Å². The molecule has 0 saturated carbocycles. The summed E-state index contributed by atoms with van der Waals surface area (Å²) in [4.78, 5) is 0. The maximum absolute atomic E-state index is 3.69. The lowest BCUT2D eigenvalue weighted by Gasteiger charge is -2.17. The maximum atomic E-state index is 3.69. The molecule has 0 heteroatoms. The van der Waals surface area contributed by atoms with Gasteiger partial charge in [-0.3, -0.25) is 0 Å². The van der Waals surface area contributed by atoms with Gasteiger partial charge in [-0.1, -0.05) is 357 Å². The van der Waals surface area contributed by atoms with Gasteiger partial charge in [0, 0.05) is 0 Å². The molecule has 0 atom stereocenters. The molecule has 0 bridgehead atoms. The Morgan fingerprint density at radius 3 is 0.658 bits per heavy atom. The fourth-order valence-electron chi connectivity index (χ4n) is 9.20. The molecule has 0 aliphatic heterocycles. The van der Waals surface area contributed by atoms with E-state index in [9.17, 15) is 0 Å². The van der Waals surface area contributed by atoms with Gasteiger partial charge in [-0.25, -0.2) is 0 Å². The van der Waals surface area contributed by atoms with Crippen LogP contribution in [0.15, 0.2) is 73.4 Å². The van der Waals surface area contributed by atoms with Gasteiger partial charge in [-0.15, -0.1) is 6.58 Å². The van der Waals surface area contributed by atoms with Gasteiger partial charge in [0.2, 0.25) is 0 Å². The lowest BCUT2D eigenvalue weighted by Crippen LogP contribution is -2.03. The molecular formula is C76H148. The standard InChI is InChI=1S/C19H40.C19H38.C19H36.C19H34/c4*1-5-6-7-8-9-10-11-12-13-14-15-16-17-18-19(2,3)4/h5-18H2,1-4H3;10-11H,5-9,12-18H2,1-4H3;7-8,10-11H,5-6,9,12-18H2,1-4H3;5,7-8,10-11H,1,6,9,12-18H2,2-4H3/b;11-10+;2*8-7+,11-10+. The van der Waals surface area contributed by atoms with Crippen LogP contribution in [0.25, 0.3) is 0 Å². The highest BCUT2D eigenvalue weighted by atomic mass is 14.2. The second-order valence-electron chi connectivity index (χ2n) is 28.1. The van der Waals surface area contributed by atoms with Gasteiger partial charge in [-0.05, 0) is 124 Å². The van der Waals surface area contributed by atoms with Crippen molar-refractivity contribution in [3.8, 4) is 0 Å². The van der Waals surface area contributed by atoms with Crippen molar-refractivity contribution < 1.29 is 0 Å². The summed E-state index contributed by atoms with van der Waals surface area (Å²) >= 11 is 0. The third-order valence-electron chi connectivity index (χ3n) is 14.3. The summed E-state index contributed by atoms with van der Waals surface area (Å²) in [6.45, 7) is 38.6. The van der Waals surface area contributed by atoms with Crippen molar-refractivity contribution in [2.45, 2.75) is 393 Å². The van der Waals surface area contributed by atoms with Crippen molar-refractivity contribution in [1.29, 1.82) is 0 Å². The largest absolute Gasteiger partial charge is 0.103 e. The number of rotatable bonds is 47. The van der Waals surface area contributed by atoms with Gasteiger partial charge in [0.1, 0.15) is 0 Å². The summed E-state index contributed by atoms with van der Waals surface area (Å²) in [6.07, 6.45) is 86.8. The maximum Gasteiger partial charge on any atom is -0.0169 e. The van der Waals surface area contributed by atoms with Crippen LogP contribution in [0.1, 0.15) is 393 Å². The topological polar surface area (TPSA) is 0 Å². The molecule has 0 amide bonds. The molecule has 0 rings (SSSR count). The van der Waals surface area contributed by atoms with E-state index in [0.29, 0.717) is 21.7 Å². The van der Waals surface area contributed by atoms with Crippen molar-refractivity contribution >= 4 is 0 Å². The average Bonchev–Trinajstić information content (AvgIpc) is 3.34. The molecule has 0 aromatic carbocycles. The van der Waals surface area contributed by atoms with Gasteiger partial charge < -0.3 is 0 Å². The van der Waals surface area contributed by atoms with Gasteiger partial charge in [0.05, 0.1) is 0 Å². The first-order chi connectivity index (χ1) is 36.2. The lowest BCUT2D eigenvalue weighted by atomic mass is 9.89. The van der Waals surface area contributed by atoms with E-state index in [0.717, 1.165) is 19.3 Å². The summed E-state index contributed by atoms with van der Waals surface area (Å²) in [5.41, 5.74) is 2.11. The molecular weight excluding hydrogens is 913 g/mol. The third-order valence-corrected chi connectivity index (χ3v) is 14.3. The molecule has 0 aliphatic carbocycles. The van der Waals surface area contributed by atoms with E-state index in [-0.39, 0.29) is 0 Å². The van der Waals surface area contributed by atoms with E-state index < -0.39 is 0 Å². The molecule has 0 nitrogen and oxygen atoms in total. The molecule has 0 saturated heterocycles. The molecule has 0 aromatic heterocycles. The molecule has 0 fully saturated rings. The summed E-state index contributed by atoms with van der Waals surface area (Å²) < 4.78 is 0. The first-order valence-electron chi connectivity index (χ1n) is 34.1. The zero-order valence-electron chi connectivity index (χ0n) is 55.9. The van der Waals surface area contributed by atoms with Crippen molar-refractivity contribution in [3.05, 3.63) is 73.4 Å². The predicted molar refractivity (Wildman–Crippen MR) is 359 cm³/mol. The van der Waals surface area contributed by atoms with E-state index in [1.165, 1.54) is 270 Å². The Morgan fingerprint density at radius 2 is 0.408 bits per heavy atom. The summed E-state index contributed by atoms with van der Waals surface area (Å²) in [6, 6.07) is 0. The van der Waals surface area contributed by atoms with Crippen LogP contribution >= 0.6 is 0 Å². The van der Waals surface area contributed by atoms with E-state index in [2.05, 4.69) is 171 Å². The van der Waals surface area contributed by atoms with E-state index in [1.807, 2.05) is 6.08 Å². The van der Waals surface area contributed by atoms with E-state index >= 15 is 0 Å². The molecule has 0 aliphatic rings. The normalized spacial score (nSPS) is 12.5. The molecule has 0 radical (unpaired) electrons. The Labute approximate surface area is 485 Å². The molecule has 0 N–H and O–H groups in total. The number of hydrogen-bond acceptors (Lipinski definition) is 0. The minimum Gasteiger partial charge on any atom is -0.103 e. The molecule has 76 heavy (non-hydrogen) atoms. The van der Waals surface area contributed by atoms with Crippen LogP contribution in [0.5, 0.6) is 0 Å². The lowest BCUT2D eigenvalue weighted by molar-refractivity contribution is 0.356. The summed E-state index contributed by atoms with van der Waals surface area (Å²) in [5, 5.41) is 0. The van der Waals surface area contributed by atoms with Crippen LogP contribution in [-0.2, 0) is 0 Å². The van der Waals surface area contributed by atoms with Crippen LogP contribution in [0.4, 0.5) is 0 Å². The highest BCUT2D eigenvalue weighted by Crippen LogP contribution is 2.26. The Kier molecular flexibility index (Phi) is 66.7. The smallest absolute Gasteiger partial charge is 0.0169 e. The first kappa shape index (κ1) is 80.9. The van der Waals surface area contributed by atoms with Crippen LogP contribution < -0.4 is 0 Å². The minimum atomic E-state index is 0.516. The summed E-state index contributed by atoms with van der Waals surface area (Å²) in [7, 11) is 0. The van der Waals surface area contributed by atoms with Gasteiger partial charge in [0.25, 0.3) is 0 Å². The number of hydrogen-bond donors (Lipinski definition) is 0. The Morgan fingerprint density at radius 1 is 0.211 bits per heavy atom. The SMILES string of the molecule is C=CC/C=C/C/C=C/CCCCCCCC(C)(C)C.CCC/C=C/C/C=C/CCCCCCCC(C)(C)C.CCCCCC/C=C/CCCCCCCC(C)(C)C.CCCCCCCCCCCCCCCC(C)(C)C. The monoisotopic (exact) mass is 1060 g/mol. The summed E-state index contributed by atoms with van der Waals surface area (Å²) in [5.74, 6) is 0. The predicted octanol–water partition coefficient (Wildman–Crippen LogP) is 28.7. The van der Waals surface area contributed by atoms with Crippen molar-refractivity contribution in [2.24, 2.45) is 21.7 Å². The molecule has 452 valence electrons. The second-order valence-corrected chi connectivity index (χ2v) is 28.1. The zero-order valence-corrected chi connectivity index (χ0v) is 55.9. The van der Waals surface area contributed by atoms with Crippen molar-refractivity contribution in [2.75, 3.05) is 0 Å². The zero-order chi connectivity index (χ0) is 57.6.